The van der Waals surface area contributed by atoms with E-state index in [0.717, 1.165) is 72.8 Å². The number of rotatable bonds is 13. The highest BCUT2D eigenvalue weighted by Crippen LogP contribution is 2.33. The number of carbonyl (C=O) groups excluding carboxylic acids is 3. The van der Waals surface area contributed by atoms with E-state index in [2.05, 4.69) is 22.6 Å². The highest BCUT2D eigenvalue weighted by Gasteiger charge is 2.34. The Morgan fingerprint density at radius 1 is 0.905 bits per heavy atom. The summed E-state index contributed by atoms with van der Waals surface area (Å²) in [7, 11) is 0. The highest BCUT2D eigenvalue weighted by atomic mass is 32.2. The third-order valence-corrected chi connectivity index (χ3v) is 8.37. The fourth-order valence-electron chi connectivity index (χ4n) is 4.99. The predicted molar refractivity (Wildman–Crippen MR) is 167 cm³/mol. The molecule has 0 unspecified atom stereocenters. The van der Waals surface area contributed by atoms with E-state index in [-0.39, 0.29) is 16.9 Å². The van der Waals surface area contributed by atoms with Crippen molar-refractivity contribution in [3.05, 3.63) is 87.8 Å². The SMILES string of the molecule is CCc1ccc(/C=C2\SC(=O)N(CCCCCCCC(=O)c3ccccc3Nc3ccc(C)c4nonc34)C2=O)cc1. The number of imide groups is 1. The normalized spacial score (nSPS) is 14.3. The maximum Gasteiger partial charge on any atom is 0.293 e. The fourth-order valence-corrected chi connectivity index (χ4v) is 5.85. The van der Waals surface area contributed by atoms with Gasteiger partial charge >= 0.3 is 0 Å². The van der Waals surface area contributed by atoms with Crippen LogP contribution in [-0.4, -0.2) is 38.7 Å². The molecule has 8 nitrogen and oxygen atoms in total. The zero-order valence-corrected chi connectivity index (χ0v) is 24.7. The molecule has 0 bridgehead atoms. The number of hydrogen-bond donors (Lipinski definition) is 1. The van der Waals surface area contributed by atoms with Crippen LogP contribution in [-0.2, 0) is 11.2 Å². The van der Waals surface area contributed by atoms with Crippen molar-refractivity contribution in [3.63, 3.8) is 0 Å². The second-order valence-corrected chi connectivity index (χ2v) is 11.4. The molecule has 5 rings (SSSR count). The number of fused-ring (bicyclic) bond motifs is 1. The van der Waals surface area contributed by atoms with Gasteiger partial charge in [0.15, 0.2) is 11.3 Å². The molecule has 0 atom stereocenters. The first kappa shape index (κ1) is 29.3. The van der Waals surface area contributed by atoms with E-state index in [4.69, 9.17) is 4.63 Å². The standard InChI is InChI=1S/C33H34N4O4S/c1-3-23-15-17-24(18-16-23)21-29-32(39)37(33(40)42-29)20-10-6-4-5-7-13-28(38)25-11-8-9-12-26(25)34-27-19-14-22(2)30-31(27)36-41-35-30/h8-9,11-12,14-19,21,34H,3-7,10,13,20H2,1-2H3/b29-21-. The monoisotopic (exact) mass is 582 g/mol. The minimum Gasteiger partial charge on any atom is -0.353 e. The molecule has 1 fully saturated rings. The van der Waals surface area contributed by atoms with Gasteiger partial charge in [0, 0.05) is 24.2 Å². The van der Waals surface area contributed by atoms with Crippen molar-refractivity contribution >= 4 is 57.2 Å². The largest absolute Gasteiger partial charge is 0.353 e. The first-order chi connectivity index (χ1) is 20.4. The summed E-state index contributed by atoms with van der Waals surface area (Å²) >= 11 is 1.01. The molecule has 0 radical (unpaired) electrons. The van der Waals surface area contributed by atoms with Gasteiger partial charge < -0.3 is 5.32 Å². The predicted octanol–water partition coefficient (Wildman–Crippen LogP) is 8.10. The maximum absolute atomic E-state index is 13.1. The zero-order chi connectivity index (χ0) is 29.5. The molecule has 216 valence electrons. The Labute approximate surface area is 249 Å². The average Bonchev–Trinajstić information content (AvgIpc) is 3.60. The topological polar surface area (TPSA) is 105 Å². The molecule has 2 amide bonds. The molecule has 2 heterocycles. The average molecular weight is 583 g/mol. The molecular weight excluding hydrogens is 548 g/mol. The van der Waals surface area contributed by atoms with E-state index in [9.17, 15) is 14.4 Å². The molecule has 1 aliphatic rings. The van der Waals surface area contributed by atoms with E-state index >= 15 is 0 Å². The number of ketones is 1. The van der Waals surface area contributed by atoms with Crippen LogP contribution in [0.15, 0.2) is 70.2 Å². The van der Waals surface area contributed by atoms with Gasteiger partial charge in [-0.15, -0.1) is 0 Å². The second kappa shape index (κ2) is 13.6. The van der Waals surface area contributed by atoms with Crippen LogP contribution in [0.4, 0.5) is 16.2 Å². The number of aromatic nitrogens is 2. The van der Waals surface area contributed by atoms with Crippen molar-refractivity contribution in [1.82, 2.24) is 15.2 Å². The minimum atomic E-state index is -0.214. The lowest BCUT2D eigenvalue weighted by atomic mass is 10.0. The van der Waals surface area contributed by atoms with Gasteiger partial charge in [0.1, 0.15) is 5.52 Å². The Hall–Kier alpha value is -4.24. The van der Waals surface area contributed by atoms with Crippen molar-refractivity contribution < 1.29 is 19.0 Å². The number of Topliss-reactive ketones (excluding diaryl/α,β-unsaturated/α-hetero) is 1. The van der Waals surface area contributed by atoms with Crippen molar-refractivity contribution in [1.29, 1.82) is 0 Å². The Morgan fingerprint density at radius 2 is 1.64 bits per heavy atom. The van der Waals surface area contributed by atoms with Gasteiger partial charge in [-0.2, -0.15) is 0 Å². The summed E-state index contributed by atoms with van der Waals surface area (Å²) in [5.74, 6) is -0.137. The number of aryl methyl sites for hydroxylation is 2. The summed E-state index contributed by atoms with van der Waals surface area (Å²) in [6.07, 6.45) is 7.45. The molecule has 9 heteroatoms. The summed E-state index contributed by atoms with van der Waals surface area (Å²) in [6.45, 7) is 4.46. The highest BCUT2D eigenvalue weighted by molar-refractivity contribution is 8.18. The van der Waals surface area contributed by atoms with Crippen LogP contribution in [0.2, 0.25) is 0 Å². The third-order valence-electron chi connectivity index (χ3n) is 7.46. The summed E-state index contributed by atoms with van der Waals surface area (Å²) in [6, 6.07) is 19.4. The number of para-hydroxylation sites is 1. The van der Waals surface area contributed by atoms with Gasteiger partial charge in [-0.1, -0.05) is 68.7 Å². The van der Waals surface area contributed by atoms with E-state index in [1.807, 2.05) is 67.6 Å². The number of nitrogens with one attached hydrogen (secondary N) is 1. The van der Waals surface area contributed by atoms with Crippen LogP contribution in [0, 0.1) is 6.92 Å². The van der Waals surface area contributed by atoms with Crippen molar-refractivity contribution in [3.8, 4) is 0 Å². The van der Waals surface area contributed by atoms with Gasteiger partial charge in [0.25, 0.3) is 11.1 Å². The lowest BCUT2D eigenvalue weighted by Crippen LogP contribution is -2.29. The van der Waals surface area contributed by atoms with Gasteiger partial charge in [0.2, 0.25) is 0 Å². The lowest BCUT2D eigenvalue weighted by molar-refractivity contribution is -0.122. The molecule has 1 aromatic heterocycles. The number of hydrogen-bond acceptors (Lipinski definition) is 8. The second-order valence-electron chi connectivity index (χ2n) is 10.4. The maximum atomic E-state index is 13.1. The summed E-state index contributed by atoms with van der Waals surface area (Å²) in [5.41, 5.74) is 6.53. The molecule has 1 saturated heterocycles. The van der Waals surface area contributed by atoms with E-state index in [0.29, 0.717) is 34.5 Å². The van der Waals surface area contributed by atoms with Gasteiger partial charge in [-0.3, -0.25) is 19.3 Å². The van der Waals surface area contributed by atoms with Gasteiger partial charge in [-0.05, 0) is 89.2 Å². The van der Waals surface area contributed by atoms with E-state index in [1.54, 1.807) is 6.08 Å². The molecule has 42 heavy (non-hydrogen) atoms. The van der Waals surface area contributed by atoms with Crippen molar-refractivity contribution in [2.45, 2.75) is 58.8 Å². The van der Waals surface area contributed by atoms with Crippen LogP contribution in [0.1, 0.15) is 72.5 Å². The summed E-state index contributed by atoms with van der Waals surface area (Å²) < 4.78 is 4.92. The quantitative estimate of drug-likeness (QED) is 0.0958. The van der Waals surface area contributed by atoms with Crippen molar-refractivity contribution in [2.24, 2.45) is 0 Å². The number of amides is 2. The Morgan fingerprint density at radius 3 is 2.45 bits per heavy atom. The number of benzene rings is 3. The van der Waals surface area contributed by atoms with E-state index in [1.165, 1.54) is 10.5 Å². The number of thioether (sulfide) groups is 1. The Balaban J connectivity index is 1.05. The van der Waals surface area contributed by atoms with Crippen LogP contribution >= 0.6 is 11.8 Å². The number of unbranched alkanes of at least 4 members (excludes halogenated alkanes) is 4. The summed E-state index contributed by atoms with van der Waals surface area (Å²) in [4.78, 5) is 40.1. The smallest absolute Gasteiger partial charge is 0.293 e. The van der Waals surface area contributed by atoms with Crippen LogP contribution in [0.5, 0.6) is 0 Å². The first-order valence-electron chi connectivity index (χ1n) is 14.4. The van der Waals surface area contributed by atoms with Crippen LogP contribution < -0.4 is 5.32 Å². The number of anilines is 2. The zero-order valence-electron chi connectivity index (χ0n) is 23.9. The number of nitrogens with zero attached hydrogens (tertiary/aromatic N) is 3. The molecule has 0 aliphatic carbocycles. The lowest BCUT2D eigenvalue weighted by Gasteiger charge is -2.12. The van der Waals surface area contributed by atoms with Gasteiger partial charge in [-0.25, -0.2) is 4.63 Å². The Bertz CT molecular complexity index is 1630. The fraction of sp³-hybridized carbons (Fsp3) is 0.303. The third kappa shape index (κ3) is 6.79. The molecular formula is C33H34N4O4S. The van der Waals surface area contributed by atoms with Crippen LogP contribution in [0.25, 0.3) is 17.1 Å². The molecule has 0 saturated carbocycles. The first-order valence-corrected chi connectivity index (χ1v) is 15.2. The van der Waals surface area contributed by atoms with E-state index < -0.39 is 0 Å². The number of carbonyl (C=O) groups is 3. The molecule has 1 N–H and O–H groups in total. The molecule has 0 spiro atoms. The summed E-state index contributed by atoms with van der Waals surface area (Å²) in [5, 5.41) is 11.1. The molecule has 4 aromatic rings. The minimum absolute atomic E-state index is 0.0775. The molecule has 3 aromatic carbocycles. The van der Waals surface area contributed by atoms with Gasteiger partial charge in [0.05, 0.1) is 10.6 Å². The molecule has 1 aliphatic heterocycles. The van der Waals surface area contributed by atoms with Crippen LogP contribution in [0.3, 0.4) is 0 Å². The Kier molecular flexibility index (Phi) is 9.48. The van der Waals surface area contributed by atoms with Crippen molar-refractivity contribution in [2.75, 3.05) is 11.9 Å².